The van der Waals surface area contributed by atoms with Gasteiger partial charge in [-0.05, 0) is 43.1 Å². The molecule has 0 N–H and O–H groups in total. The minimum Gasteiger partial charge on any atom is -0.441 e. The highest BCUT2D eigenvalue weighted by molar-refractivity contribution is 5.79. The van der Waals surface area contributed by atoms with E-state index >= 15 is 0 Å². The van der Waals surface area contributed by atoms with E-state index in [1.165, 1.54) is 0 Å². The summed E-state index contributed by atoms with van der Waals surface area (Å²) in [5, 5.41) is 0. The lowest BCUT2D eigenvalue weighted by atomic mass is 10.0. The van der Waals surface area contributed by atoms with Crippen molar-refractivity contribution in [3.63, 3.8) is 0 Å². The highest BCUT2D eigenvalue weighted by Gasteiger charge is 2.38. The third kappa shape index (κ3) is 2.81. The molecule has 2 aliphatic rings. The Morgan fingerprint density at radius 2 is 1.80 bits per heavy atom. The Hall–Kier alpha value is -3.19. The van der Waals surface area contributed by atoms with Gasteiger partial charge in [0.15, 0.2) is 11.5 Å². The Morgan fingerprint density at radius 1 is 1.00 bits per heavy atom. The van der Waals surface area contributed by atoms with Gasteiger partial charge in [0.2, 0.25) is 0 Å². The van der Waals surface area contributed by atoms with E-state index in [1.54, 1.807) is 10.5 Å². The minimum atomic E-state index is -0.0789. The van der Waals surface area contributed by atoms with Gasteiger partial charge in [-0.25, -0.2) is 9.97 Å². The Balaban J connectivity index is 1.35. The highest BCUT2D eigenvalue weighted by atomic mass is 16.3. The first-order valence-electron chi connectivity index (χ1n) is 10.4. The fraction of sp³-hybridized carbons (Fsp3) is 0.348. The number of hydrogen-bond acceptors (Lipinski definition) is 6. The van der Waals surface area contributed by atoms with Crippen LogP contribution in [0.5, 0.6) is 0 Å². The molecule has 152 valence electrons. The molecule has 0 amide bonds. The van der Waals surface area contributed by atoms with Gasteiger partial charge >= 0.3 is 0 Å². The Bertz CT molecular complexity index is 1330. The van der Waals surface area contributed by atoms with Crippen LogP contribution in [-0.4, -0.2) is 52.5 Å². The molecule has 5 heterocycles. The number of aromatic nitrogens is 3. The molecule has 0 spiro atoms. The standard InChI is InChI=1S/C23H23N5O2/c1-14-24-19-5-3-15(7-21(19)30-14)20-8-23(29)28-13-18(4-6-22(28)25-20)27-11-16-9-26(2)10-17(16)12-27/h3-8,13,16-17H,9-12H2,1-2H3/t16-,17+. The maximum atomic E-state index is 12.9. The van der Waals surface area contributed by atoms with Crippen LogP contribution in [0.25, 0.3) is 28.0 Å². The topological polar surface area (TPSA) is 66.9 Å². The summed E-state index contributed by atoms with van der Waals surface area (Å²) in [5.74, 6) is 2.06. The van der Waals surface area contributed by atoms with E-state index in [0.717, 1.165) is 54.8 Å². The van der Waals surface area contributed by atoms with Gasteiger partial charge in [-0.15, -0.1) is 0 Å². The summed E-state index contributed by atoms with van der Waals surface area (Å²) in [6, 6.07) is 11.3. The molecule has 0 radical (unpaired) electrons. The first-order chi connectivity index (χ1) is 14.5. The quantitative estimate of drug-likeness (QED) is 0.515. The van der Waals surface area contributed by atoms with Crippen molar-refractivity contribution in [2.24, 2.45) is 11.8 Å². The molecule has 2 fully saturated rings. The summed E-state index contributed by atoms with van der Waals surface area (Å²) in [5.41, 5.74) is 4.66. The molecule has 4 aromatic rings. The molecule has 0 aliphatic carbocycles. The van der Waals surface area contributed by atoms with Crippen molar-refractivity contribution >= 4 is 22.4 Å². The monoisotopic (exact) mass is 401 g/mol. The van der Waals surface area contributed by atoms with Crippen molar-refractivity contribution in [1.82, 2.24) is 19.3 Å². The van der Waals surface area contributed by atoms with Gasteiger partial charge in [0.05, 0.1) is 11.4 Å². The first-order valence-corrected chi connectivity index (χ1v) is 10.4. The van der Waals surface area contributed by atoms with Gasteiger partial charge in [0.25, 0.3) is 5.56 Å². The molecular weight excluding hydrogens is 378 g/mol. The molecule has 0 bridgehead atoms. The second-order valence-electron chi connectivity index (χ2n) is 8.66. The smallest absolute Gasteiger partial charge is 0.258 e. The number of likely N-dealkylation sites (tertiary alicyclic amines) is 1. The minimum absolute atomic E-state index is 0.0789. The molecule has 7 heteroatoms. The molecular formula is C23H23N5O2. The van der Waals surface area contributed by atoms with Crippen LogP contribution in [0.1, 0.15) is 5.89 Å². The van der Waals surface area contributed by atoms with Gasteiger partial charge in [-0.2, -0.15) is 0 Å². The second kappa shape index (κ2) is 6.40. The molecule has 7 nitrogen and oxygen atoms in total. The zero-order valence-electron chi connectivity index (χ0n) is 17.1. The number of rotatable bonds is 2. The van der Waals surface area contributed by atoms with E-state index < -0.39 is 0 Å². The van der Waals surface area contributed by atoms with E-state index in [4.69, 9.17) is 9.40 Å². The number of benzene rings is 1. The Labute approximate surface area is 173 Å². The van der Waals surface area contributed by atoms with Crippen LogP contribution in [0.15, 0.2) is 51.8 Å². The van der Waals surface area contributed by atoms with E-state index in [-0.39, 0.29) is 5.56 Å². The van der Waals surface area contributed by atoms with Crippen LogP contribution in [0, 0.1) is 18.8 Å². The third-order valence-electron chi connectivity index (χ3n) is 6.47. The number of pyridine rings is 1. The van der Waals surface area contributed by atoms with Crippen LogP contribution in [0.2, 0.25) is 0 Å². The van der Waals surface area contributed by atoms with Gasteiger partial charge in [0.1, 0.15) is 11.2 Å². The largest absolute Gasteiger partial charge is 0.441 e. The lowest BCUT2D eigenvalue weighted by molar-refractivity contribution is 0.387. The third-order valence-corrected chi connectivity index (χ3v) is 6.47. The summed E-state index contributed by atoms with van der Waals surface area (Å²) >= 11 is 0. The number of hydrogen-bond donors (Lipinski definition) is 0. The number of fused-ring (bicyclic) bond motifs is 3. The van der Waals surface area contributed by atoms with Crippen molar-refractivity contribution in [2.45, 2.75) is 6.92 Å². The fourth-order valence-corrected chi connectivity index (χ4v) is 5.06. The lowest BCUT2D eigenvalue weighted by Gasteiger charge is -2.21. The molecule has 0 unspecified atom stereocenters. The summed E-state index contributed by atoms with van der Waals surface area (Å²) in [6.07, 6.45) is 1.93. The normalized spacial score (nSPS) is 21.7. The van der Waals surface area contributed by atoms with E-state index in [0.29, 0.717) is 22.8 Å². The fourth-order valence-electron chi connectivity index (χ4n) is 5.06. The zero-order chi connectivity index (χ0) is 20.4. The van der Waals surface area contributed by atoms with Gasteiger partial charge in [0, 0.05) is 50.9 Å². The predicted octanol–water partition coefficient (Wildman–Crippen LogP) is 2.81. The zero-order valence-corrected chi connectivity index (χ0v) is 17.1. The number of oxazole rings is 1. The number of aryl methyl sites for hydroxylation is 1. The molecule has 0 saturated carbocycles. The Morgan fingerprint density at radius 3 is 2.60 bits per heavy atom. The van der Waals surface area contributed by atoms with Crippen molar-refractivity contribution in [3.05, 3.63) is 58.8 Å². The maximum absolute atomic E-state index is 12.9. The Kier molecular flexibility index (Phi) is 3.77. The molecule has 2 saturated heterocycles. The molecule has 6 rings (SSSR count). The second-order valence-corrected chi connectivity index (χ2v) is 8.66. The van der Waals surface area contributed by atoms with Crippen molar-refractivity contribution in [3.8, 4) is 11.3 Å². The SMILES string of the molecule is Cc1nc2ccc(-c3cc(=O)n4cc(N5C[C@H]6CN(C)C[C@H]6C5)ccc4n3)cc2o1. The van der Waals surface area contributed by atoms with Gasteiger partial charge in [-0.3, -0.25) is 9.20 Å². The van der Waals surface area contributed by atoms with Crippen LogP contribution in [-0.2, 0) is 0 Å². The summed E-state index contributed by atoms with van der Waals surface area (Å²) in [6.45, 7) is 6.25. The molecule has 2 atom stereocenters. The average Bonchev–Trinajstić information content (AvgIpc) is 3.38. The molecule has 3 aromatic heterocycles. The van der Waals surface area contributed by atoms with Crippen molar-refractivity contribution in [1.29, 1.82) is 0 Å². The van der Waals surface area contributed by atoms with Crippen molar-refractivity contribution in [2.75, 3.05) is 38.1 Å². The van der Waals surface area contributed by atoms with Gasteiger partial charge < -0.3 is 14.2 Å². The predicted molar refractivity (Wildman–Crippen MR) is 116 cm³/mol. The molecule has 2 aliphatic heterocycles. The van der Waals surface area contributed by atoms with E-state index in [9.17, 15) is 4.79 Å². The van der Waals surface area contributed by atoms with Crippen LogP contribution in [0.4, 0.5) is 5.69 Å². The van der Waals surface area contributed by atoms with Crippen LogP contribution < -0.4 is 10.5 Å². The summed E-state index contributed by atoms with van der Waals surface area (Å²) in [7, 11) is 2.20. The highest BCUT2D eigenvalue weighted by Crippen LogP contribution is 2.33. The summed E-state index contributed by atoms with van der Waals surface area (Å²) in [4.78, 5) is 26.8. The number of anilines is 1. The van der Waals surface area contributed by atoms with Crippen LogP contribution >= 0.6 is 0 Å². The van der Waals surface area contributed by atoms with E-state index in [1.807, 2.05) is 37.4 Å². The van der Waals surface area contributed by atoms with Crippen LogP contribution in [0.3, 0.4) is 0 Å². The van der Waals surface area contributed by atoms with Crippen molar-refractivity contribution < 1.29 is 4.42 Å². The maximum Gasteiger partial charge on any atom is 0.258 e. The summed E-state index contributed by atoms with van der Waals surface area (Å²) < 4.78 is 7.28. The number of nitrogens with zero attached hydrogens (tertiary/aromatic N) is 5. The van der Waals surface area contributed by atoms with Gasteiger partial charge in [-0.1, -0.05) is 6.07 Å². The lowest BCUT2D eigenvalue weighted by Crippen LogP contribution is -2.27. The van der Waals surface area contributed by atoms with E-state index in [2.05, 4.69) is 27.9 Å². The molecule has 1 aromatic carbocycles. The molecule has 30 heavy (non-hydrogen) atoms. The average molecular weight is 401 g/mol. The first kappa shape index (κ1) is 17.7.